The highest BCUT2D eigenvalue weighted by molar-refractivity contribution is 5.73. The number of benzene rings is 1. The van der Waals surface area contributed by atoms with Crippen LogP contribution in [0, 0.1) is 6.92 Å². The lowest BCUT2D eigenvalue weighted by Crippen LogP contribution is -2.21. The second kappa shape index (κ2) is 4.22. The minimum absolute atomic E-state index is 0.604. The van der Waals surface area contributed by atoms with Crippen molar-refractivity contribution in [2.24, 2.45) is 0 Å². The third-order valence-corrected chi connectivity index (χ3v) is 2.28. The van der Waals surface area contributed by atoms with Gasteiger partial charge in [0.05, 0.1) is 0 Å². The van der Waals surface area contributed by atoms with Crippen molar-refractivity contribution in [1.29, 1.82) is 0 Å². The minimum Gasteiger partial charge on any atom is -0.479 e. The van der Waals surface area contributed by atoms with Crippen molar-refractivity contribution < 1.29 is 14.3 Å². The van der Waals surface area contributed by atoms with Crippen molar-refractivity contribution in [3.8, 4) is 0 Å². The molecule has 14 heavy (non-hydrogen) atoms. The molecule has 1 N–H and O–H groups in total. The number of carbonyl (C=O) groups is 1. The molecule has 0 fully saturated rings. The fraction of sp³-hybridized carbons (Fsp3) is 0.364. The van der Waals surface area contributed by atoms with E-state index in [9.17, 15) is 9.18 Å². The largest absolute Gasteiger partial charge is 0.479 e. The van der Waals surface area contributed by atoms with Gasteiger partial charge in [-0.3, -0.25) is 0 Å². The molecule has 0 spiro atoms. The van der Waals surface area contributed by atoms with E-state index in [1.165, 1.54) is 0 Å². The van der Waals surface area contributed by atoms with E-state index in [-0.39, 0.29) is 0 Å². The van der Waals surface area contributed by atoms with E-state index in [1.807, 2.05) is 19.1 Å². The summed E-state index contributed by atoms with van der Waals surface area (Å²) in [5.74, 6) is -2.01. The molecule has 1 aromatic rings. The van der Waals surface area contributed by atoms with E-state index >= 15 is 0 Å². The van der Waals surface area contributed by atoms with Crippen molar-refractivity contribution in [3.05, 3.63) is 35.4 Å². The highest BCUT2D eigenvalue weighted by Crippen LogP contribution is 2.21. The molecule has 0 radical (unpaired) electrons. The second-order valence-corrected chi connectivity index (χ2v) is 3.44. The SMILES string of the molecule is Cc1ccc(C(C)C(F)C(=O)O)cc1. The third-order valence-electron chi connectivity index (χ3n) is 2.28. The summed E-state index contributed by atoms with van der Waals surface area (Å²) in [6.45, 7) is 3.50. The molecule has 0 aliphatic heterocycles. The number of hydrogen-bond donors (Lipinski definition) is 1. The van der Waals surface area contributed by atoms with Gasteiger partial charge in [0.15, 0.2) is 0 Å². The molecule has 2 nitrogen and oxygen atoms in total. The monoisotopic (exact) mass is 196 g/mol. The van der Waals surface area contributed by atoms with Crippen LogP contribution in [-0.4, -0.2) is 17.2 Å². The van der Waals surface area contributed by atoms with Crippen molar-refractivity contribution in [2.75, 3.05) is 0 Å². The Balaban J connectivity index is 2.84. The topological polar surface area (TPSA) is 37.3 Å². The molecule has 0 bridgehead atoms. The van der Waals surface area contributed by atoms with Gasteiger partial charge in [0.1, 0.15) is 0 Å². The van der Waals surface area contributed by atoms with Crippen LogP contribution in [0.1, 0.15) is 24.0 Å². The molecule has 2 atom stereocenters. The number of rotatable bonds is 3. The van der Waals surface area contributed by atoms with Crippen LogP contribution < -0.4 is 0 Å². The van der Waals surface area contributed by atoms with Crippen molar-refractivity contribution >= 4 is 5.97 Å². The van der Waals surface area contributed by atoms with Crippen LogP contribution >= 0.6 is 0 Å². The van der Waals surface area contributed by atoms with Gasteiger partial charge >= 0.3 is 5.97 Å². The second-order valence-electron chi connectivity index (χ2n) is 3.44. The zero-order valence-corrected chi connectivity index (χ0v) is 8.20. The van der Waals surface area contributed by atoms with Gasteiger partial charge in [-0.2, -0.15) is 0 Å². The Kier molecular flexibility index (Phi) is 3.23. The van der Waals surface area contributed by atoms with Gasteiger partial charge in [-0.05, 0) is 12.5 Å². The maximum absolute atomic E-state index is 13.1. The van der Waals surface area contributed by atoms with Crippen LogP contribution in [0.5, 0.6) is 0 Å². The lowest BCUT2D eigenvalue weighted by atomic mass is 9.96. The molecule has 2 unspecified atom stereocenters. The molecule has 0 aromatic heterocycles. The van der Waals surface area contributed by atoms with Crippen molar-refractivity contribution in [2.45, 2.75) is 25.9 Å². The quantitative estimate of drug-likeness (QED) is 0.806. The predicted molar refractivity (Wildman–Crippen MR) is 52.1 cm³/mol. The molecule has 76 valence electrons. The van der Waals surface area contributed by atoms with Gasteiger partial charge in [-0.15, -0.1) is 0 Å². The van der Waals surface area contributed by atoms with Gasteiger partial charge < -0.3 is 5.11 Å². The fourth-order valence-electron chi connectivity index (χ4n) is 1.25. The predicted octanol–water partition coefficient (Wildman–Crippen LogP) is 2.52. The highest BCUT2D eigenvalue weighted by Gasteiger charge is 2.24. The number of carboxylic acid groups (broad SMARTS) is 1. The first-order valence-corrected chi connectivity index (χ1v) is 4.46. The van der Waals surface area contributed by atoms with Crippen LogP contribution in [0.15, 0.2) is 24.3 Å². The highest BCUT2D eigenvalue weighted by atomic mass is 19.1. The van der Waals surface area contributed by atoms with Crippen molar-refractivity contribution in [3.63, 3.8) is 0 Å². The summed E-state index contributed by atoms with van der Waals surface area (Å²) in [7, 11) is 0. The van der Waals surface area contributed by atoms with E-state index in [0.717, 1.165) is 5.56 Å². The summed E-state index contributed by atoms with van der Waals surface area (Å²) >= 11 is 0. The number of aryl methyl sites for hydroxylation is 1. The molecule has 0 saturated carbocycles. The molecule has 3 heteroatoms. The van der Waals surface area contributed by atoms with Gasteiger partial charge in [-0.25, -0.2) is 9.18 Å². The van der Waals surface area contributed by atoms with Crippen LogP contribution in [0.4, 0.5) is 4.39 Å². The fourth-order valence-corrected chi connectivity index (χ4v) is 1.25. The molecule has 0 amide bonds. The number of alkyl halides is 1. The van der Waals surface area contributed by atoms with Crippen LogP contribution in [0.3, 0.4) is 0 Å². The summed E-state index contributed by atoms with van der Waals surface area (Å²) in [4.78, 5) is 10.4. The number of halogens is 1. The first-order valence-electron chi connectivity index (χ1n) is 4.46. The molecule has 0 heterocycles. The van der Waals surface area contributed by atoms with E-state index < -0.39 is 18.1 Å². The molecule has 0 aliphatic rings. The normalized spacial score (nSPS) is 14.8. The van der Waals surface area contributed by atoms with Crippen LogP contribution in [0.25, 0.3) is 0 Å². The van der Waals surface area contributed by atoms with E-state index in [4.69, 9.17) is 5.11 Å². The zero-order valence-electron chi connectivity index (χ0n) is 8.20. The van der Waals surface area contributed by atoms with Crippen molar-refractivity contribution in [1.82, 2.24) is 0 Å². The first-order chi connectivity index (χ1) is 6.52. The number of hydrogen-bond acceptors (Lipinski definition) is 1. The van der Waals surface area contributed by atoms with Gasteiger partial charge in [0, 0.05) is 5.92 Å². The third kappa shape index (κ3) is 2.31. The number of aliphatic carboxylic acids is 1. The Morgan fingerprint density at radius 1 is 1.36 bits per heavy atom. The Morgan fingerprint density at radius 3 is 2.29 bits per heavy atom. The van der Waals surface area contributed by atoms with Gasteiger partial charge in [0.2, 0.25) is 6.17 Å². The molecular weight excluding hydrogens is 183 g/mol. The summed E-state index contributed by atoms with van der Waals surface area (Å²) < 4.78 is 13.1. The lowest BCUT2D eigenvalue weighted by molar-refractivity contribution is -0.143. The summed E-state index contributed by atoms with van der Waals surface area (Å²) in [6, 6.07) is 7.21. The number of carboxylic acids is 1. The summed E-state index contributed by atoms with van der Waals surface area (Å²) in [5.41, 5.74) is 1.79. The first kappa shape index (κ1) is 10.7. The average Bonchev–Trinajstić information content (AvgIpc) is 2.16. The maximum atomic E-state index is 13.1. The maximum Gasteiger partial charge on any atom is 0.338 e. The van der Waals surface area contributed by atoms with Crippen LogP contribution in [0.2, 0.25) is 0 Å². The smallest absolute Gasteiger partial charge is 0.338 e. The lowest BCUT2D eigenvalue weighted by Gasteiger charge is -2.13. The minimum atomic E-state index is -1.84. The Labute approximate surface area is 82.4 Å². The van der Waals surface area contributed by atoms with Crippen LogP contribution in [-0.2, 0) is 4.79 Å². The van der Waals surface area contributed by atoms with E-state index in [2.05, 4.69) is 0 Å². The van der Waals surface area contributed by atoms with Gasteiger partial charge in [0.25, 0.3) is 0 Å². The molecule has 0 aliphatic carbocycles. The van der Waals surface area contributed by atoms with Gasteiger partial charge in [-0.1, -0.05) is 36.8 Å². The summed E-state index contributed by atoms with van der Waals surface area (Å²) in [5, 5.41) is 8.49. The van der Waals surface area contributed by atoms with E-state index in [0.29, 0.717) is 5.56 Å². The standard InChI is InChI=1S/C11H13FO2/c1-7-3-5-9(6-4-7)8(2)10(12)11(13)14/h3-6,8,10H,1-2H3,(H,13,14). The Hall–Kier alpha value is -1.38. The van der Waals surface area contributed by atoms with E-state index in [1.54, 1.807) is 19.1 Å². The molecule has 1 aromatic carbocycles. The Bertz CT molecular complexity index is 319. The molecular formula is C11H13FO2. The molecule has 0 saturated heterocycles. The average molecular weight is 196 g/mol. The molecule has 1 rings (SSSR count). The summed E-state index contributed by atoms with van der Waals surface area (Å²) in [6.07, 6.45) is -1.84. The zero-order chi connectivity index (χ0) is 10.7. The Morgan fingerprint density at radius 2 is 1.86 bits per heavy atom.